The molecule has 0 saturated heterocycles. The van der Waals surface area contributed by atoms with E-state index in [2.05, 4.69) is 34.6 Å². The molecule has 0 aliphatic heterocycles. The van der Waals surface area contributed by atoms with Gasteiger partial charge in [0.2, 0.25) is 0 Å². The quantitative estimate of drug-likeness (QED) is 0.236. The maximum atomic E-state index is 4.82. The van der Waals surface area contributed by atoms with Crippen molar-refractivity contribution in [1.29, 1.82) is 0 Å². The molecule has 0 unspecified atom stereocenters. The van der Waals surface area contributed by atoms with Crippen molar-refractivity contribution in [2.24, 2.45) is 0 Å². The molecular formula is C31H36S3Ti. The maximum Gasteiger partial charge on any atom is 3.00 e. The molecule has 0 amide bonds. The summed E-state index contributed by atoms with van der Waals surface area (Å²) in [4.78, 5) is 0. The third kappa shape index (κ3) is 13.1. The van der Waals surface area contributed by atoms with E-state index in [0.29, 0.717) is 0 Å². The molecule has 35 heavy (non-hydrogen) atoms. The van der Waals surface area contributed by atoms with Crippen molar-refractivity contribution < 1.29 is 21.7 Å². The van der Waals surface area contributed by atoms with Gasteiger partial charge in [0.15, 0.2) is 0 Å². The van der Waals surface area contributed by atoms with E-state index in [-0.39, 0.29) is 21.7 Å². The Bertz CT molecular complexity index is 879. The molecule has 0 heterocycles. The van der Waals surface area contributed by atoms with E-state index >= 15 is 0 Å². The molecule has 3 aromatic rings. The monoisotopic (exact) mass is 552 g/mol. The SMILES string of the molecule is C[C]1C(C)=C(C)C(C)=C1C.[S-]Cc1ccccc1.[S-]Cc1ccccc1.[S-]Cc1ccccc1.[Ti+3]. The molecule has 0 fully saturated rings. The van der Waals surface area contributed by atoms with E-state index in [1.165, 1.54) is 44.9 Å². The molecule has 4 rings (SSSR count). The molecule has 1 aliphatic carbocycles. The number of allylic oxidation sites excluding steroid dienone is 4. The summed E-state index contributed by atoms with van der Waals surface area (Å²) in [5.41, 5.74) is 9.54. The van der Waals surface area contributed by atoms with Gasteiger partial charge in [-0.25, -0.2) is 0 Å². The van der Waals surface area contributed by atoms with Crippen LogP contribution in [0.5, 0.6) is 0 Å². The second-order valence-corrected chi connectivity index (χ2v) is 8.88. The van der Waals surface area contributed by atoms with Crippen LogP contribution in [0, 0.1) is 5.92 Å². The van der Waals surface area contributed by atoms with Crippen LogP contribution in [-0.2, 0) is 76.9 Å². The predicted molar refractivity (Wildman–Crippen MR) is 158 cm³/mol. The van der Waals surface area contributed by atoms with Crippen LogP contribution in [0.25, 0.3) is 0 Å². The zero-order chi connectivity index (χ0) is 25.3. The number of hydrogen-bond donors (Lipinski definition) is 0. The van der Waals surface area contributed by atoms with Gasteiger partial charge in [-0.15, -0.1) is 0 Å². The molecular weight excluding hydrogens is 516 g/mol. The standard InChI is InChI=1S/C10H15.3C7H8S.Ti/c1-6-7(2)9(4)10(5)8(6)3;3*8-6-7-4-2-1-3-5-7;/h1-5H3;3*1-5,8H,6H2;/q;;;;+3/p-3. The largest absolute Gasteiger partial charge is 3.00 e. The average Bonchev–Trinajstić information content (AvgIpc) is 3.08. The van der Waals surface area contributed by atoms with Crippen LogP contribution in [0.1, 0.15) is 51.3 Å². The van der Waals surface area contributed by atoms with Crippen molar-refractivity contribution in [2.75, 3.05) is 0 Å². The molecule has 0 aromatic heterocycles. The minimum absolute atomic E-state index is 0. The van der Waals surface area contributed by atoms with E-state index in [4.69, 9.17) is 37.9 Å². The molecule has 182 valence electrons. The summed E-state index contributed by atoms with van der Waals surface area (Å²) in [6.45, 7) is 11.0. The fourth-order valence-corrected chi connectivity index (χ4v) is 3.71. The fourth-order valence-electron chi connectivity index (χ4n) is 3.13. The van der Waals surface area contributed by atoms with E-state index in [9.17, 15) is 0 Å². The molecule has 0 saturated carbocycles. The third-order valence-corrected chi connectivity index (χ3v) is 6.84. The van der Waals surface area contributed by atoms with Gasteiger partial charge in [0.25, 0.3) is 0 Å². The summed E-state index contributed by atoms with van der Waals surface area (Å²) in [6, 6.07) is 30.2. The third-order valence-electron chi connectivity index (χ3n) is 5.84. The first-order valence-corrected chi connectivity index (χ1v) is 13.1. The first kappa shape index (κ1) is 33.9. The summed E-state index contributed by atoms with van der Waals surface area (Å²) in [6.07, 6.45) is 0. The number of rotatable bonds is 3. The number of hydrogen-bond acceptors (Lipinski definition) is 3. The molecule has 3 aromatic carbocycles. The first-order valence-electron chi connectivity index (χ1n) is 11.4. The van der Waals surface area contributed by atoms with Crippen LogP contribution in [0.2, 0.25) is 0 Å². The minimum atomic E-state index is 0. The summed E-state index contributed by atoms with van der Waals surface area (Å²) >= 11 is 14.5. The fraction of sp³-hybridized carbons (Fsp3) is 0.258. The van der Waals surface area contributed by atoms with Gasteiger partial charge in [-0.05, 0) is 38.8 Å². The van der Waals surface area contributed by atoms with Gasteiger partial charge in [-0.1, -0.05) is 126 Å². The van der Waals surface area contributed by atoms with Gasteiger partial charge in [0.05, 0.1) is 0 Å². The van der Waals surface area contributed by atoms with Gasteiger partial charge >= 0.3 is 21.7 Å². The normalized spacial score (nSPS) is 12.3. The van der Waals surface area contributed by atoms with Crippen LogP contribution in [0.15, 0.2) is 113 Å². The van der Waals surface area contributed by atoms with Gasteiger partial charge in [0.1, 0.15) is 0 Å². The molecule has 0 spiro atoms. The van der Waals surface area contributed by atoms with Crippen molar-refractivity contribution in [2.45, 2.75) is 51.9 Å². The van der Waals surface area contributed by atoms with Crippen molar-refractivity contribution in [3.8, 4) is 0 Å². The first-order chi connectivity index (χ1) is 16.3. The Kier molecular flexibility index (Phi) is 19.4. The van der Waals surface area contributed by atoms with Gasteiger partial charge in [0, 0.05) is 5.92 Å². The number of benzene rings is 3. The Morgan fingerprint density at radius 3 is 0.743 bits per heavy atom. The van der Waals surface area contributed by atoms with Crippen LogP contribution in [0.3, 0.4) is 0 Å². The van der Waals surface area contributed by atoms with Crippen LogP contribution >= 0.6 is 0 Å². The van der Waals surface area contributed by atoms with Crippen molar-refractivity contribution in [3.63, 3.8) is 0 Å². The van der Waals surface area contributed by atoms with Gasteiger partial charge in [-0.3, -0.25) is 0 Å². The Morgan fingerprint density at radius 2 is 0.629 bits per heavy atom. The molecule has 0 N–H and O–H groups in total. The summed E-state index contributed by atoms with van der Waals surface area (Å²) in [5, 5.41) is 0. The Labute approximate surface area is 245 Å². The van der Waals surface area contributed by atoms with Crippen LogP contribution < -0.4 is 0 Å². The van der Waals surface area contributed by atoms with Crippen molar-refractivity contribution in [3.05, 3.63) is 136 Å². The summed E-state index contributed by atoms with van der Waals surface area (Å²) in [5.74, 6) is 3.64. The molecule has 2 radical (unpaired) electrons. The molecule has 1 aliphatic rings. The molecule has 0 bridgehead atoms. The summed E-state index contributed by atoms with van der Waals surface area (Å²) in [7, 11) is 0. The van der Waals surface area contributed by atoms with Gasteiger partial charge < -0.3 is 37.9 Å². The van der Waals surface area contributed by atoms with E-state index in [0.717, 1.165) is 17.3 Å². The Balaban J connectivity index is 0.000000438. The van der Waals surface area contributed by atoms with Crippen molar-refractivity contribution >= 4 is 37.9 Å². The van der Waals surface area contributed by atoms with E-state index in [1.54, 1.807) is 0 Å². The van der Waals surface area contributed by atoms with E-state index in [1.807, 2.05) is 91.0 Å². The van der Waals surface area contributed by atoms with Crippen molar-refractivity contribution in [1.82, 2.24) is 0 Å². The second-order valence-electron chi connectivity index (χ2n) is 8.01. The molecule has 0 nitrogen and oxygen atoms in total. The predicted octanol–water partition coefficient (Wildman–Crippen LogP) is 8.47. The Hall–Kier alpha value is -1.10. The maximum absolute atomic E-state index is 4.82. The van der Waals surface area contributed by atoms with Gasteiger partial charge in [-0.2, -0.15) is 17.3 Å². The molecule has 0 atom stereocenters. The zero-order valence-corrected chi connectivity index (χ0v) is 25.5. The zero-order valence-electron chi connectivity index (χ0n) is 21.5. The van der Waals surface area contributed by atoms with E-state index < -0.39 is 0 Å². The average molecular weight is 553 g/mol. The summed E-state index contributed by atoms with van der Waals surface area (Å²) < 4.78 is 0. The topological polar surface area (TPSA) is 0 Å². The minimum Gasteiger partial charge on any atom is -0.788 e. The second kappa shape index (κ2) is 20.0. The van der Waals surface area contributed by atoms with Crippen LogP contribution in [-0.4, -0.2) is 0 Å². The smallest absolute Gasteiger partial charge is 0.788 e. The Morgan fingerprint density at radius 1 is 0.400 bits per heavy atom. The van der Waals surface area contributed by atoms with Crippen LogP contribution in [0.4, 0.5) is 0 Å². The molecule has 4 heteroatoms.